The molecule has 0 aromatic carbocycles. The molecule has 0 bridgehead atoms. The third kappa shape index (κ3) is 4.14. The second-order valence-corrected chi connectivity index (χ2v) is 6.19. The number of nitro groups is 1. The molecule has 1 fully saturated rings. The molecule has 7 heteroatoms. The zero-order chi connectivity index (χ0) is 15.6. The van der Waals surface area contributed by atoms with Crippen molar-refractivity contribution >= 4 is 17.5 Å². The number of ether oxygens (including phenoxy) is 1. The summed E-state index contributed by atoms with van der Waals surface area (Å²) in [7, 11) is 0. The number of anilines is 1. The van der Waals surface area contributed by atoms with Gasteiger partial charge in [0.2, 0.25) is 0 Å². The highest BCUT2D eigenvalue weighted by atomic mass is 16.6. The van der Waals surface area contributed by atoms with Crippen LogP contribution in [0.2, 0.25) is 0 Å². The fourth-order valence-corrected chi connectivity index (χ4v) is 2.23. The van der Waals surface area contributed by atoms with Gasteiger partial charge < -0.3 is 19.8 Å². The maximum atomic E-state index is 11.7. The van der Waals surface area contributed by atoms with Gasteiger partial charge in [-0.05, 0) is 30.7 Å². The summed E-state index contributed by atoms with van der Waals surface area (Å²) in [6, 6.07) is 3.18. The minimum atomic E-state index is -0.512. The third-order valence-corrected chi connectivity index (χ3v) is 3.11. The third-order valence-electron chi connectivity index (χ3n) is 3.11. The average Bonchev–Trinajstić information content (AvgIpc) is 2.31. The summed E-state index contributed by atoms with van der Waals surface area (Å²) in [5, 5.41) is 10.7. The van der Waals surface area contributed by atoms with E-state index in [0.717, 1.165) is 5.69 Å². The molecule has 1 saturated heterocycles. The van der Waals surface area contributed by atoms with Crippen LogP contribution in [0, 0.1) is 16.0 Å². The van der Waals surface area contributed by atoms with Crippen molar-refractivity contribution in [3.63, 3.8) is 0 Å². The maximum absolute atomic E-state index is 11.7. The highest BCUT2D eigenvalue weighted by Crippen LogP contribution is 2.28. The van der Waals surface area contributed by atoms with Gasteiger partial charge in [-0.25, -0.2) is 0 Å². The first-order valence-corrected chi connectivity index (χ1v) is 6.82. The van der Waals surface area contributed by atoms with Crippen molar-refractivity contribution < 1.29 is 14.5 Å². The van der Waals surface area contributed by atoms with Crippen LogP contribution in [0.25, 0.3) is 0 Å². The van der Waals surface area contributed by atoms with E-state index in [1.165, 1.54) is 12.3 Å². The van der Waals surface area contributed by atoms with Crippen molar-refractivity contribution in [2.24, 2.45) is 5.92 Å². The molecule has 0 amide bonds. The first-order chi connectivity index (χ1) is 9.74. The molecule has 0 unspecified atom stereocenters. The Morgan fingerprint density at radius 1 is 1.52 bits per heavy atom. The van der Waals surface area contributed by atoms with Gasteiger partial charge in [0.15, 0.2) is 0 Å². The van der Waals surface area contributed by atoms with E-state index in [9.17, 15) is 14.9 Å². The highest BCUT2D eigenvalue weighted by Gasteiger charge is 2.31. The van der Waals surface area contributed by atoms with Gasteiger partial charge in [-0.1, -0.05) is 0 Å². The summed E-state index contributed by atoms with van der Waals surface area (Å²) >= 11 is 0. The number of esters is 1. The summed E-state index contributed by atoms with van der Waals surface area (Å²) in [6.07, 6.45) is 1.80. The molecular formula is C14H19N3O4. The van der Waals surface area contributed by atoms with E-state index in [-0.39, 0.29) is 17.7 Å². The Hall–Kier alpha value is -2.18. The number of rotatable bonds is 4. The quantitative estimate of drug-likeness (QED) is 0.480. The predicted octanol–water partition coefficient (Wildman–Crippen LogP) is 2.16. The summed E-state index contributed by atoms with van der Waals surface area (Å²) in [5.74, 6) is -0.136. The maximum Gasteiger partial charge on any atom is 0.365 e. The van der Waals surface area contributed by atoms with Gasteiger partial charge >= 0.3 is 11.8 Å². The Kier molecular flexibility index (Phi) is 4.11. The molecule has 0 saturated carbocycles. The van der Waals surface area contributed by atoms with Crippen LogP contribution in [0.1, 0.15) is 27.2 Å². The number of nitrogens with zero attached hydrogens (tertiary/aromatic N) is 3. The van der Waals surface area contributed by atoms with Crippen LogP contribution in [0.3, 0.4) is 0 Å². The summed E-state index contributed by atoms with van der Waals surface area (Å²) in [5.41, 5.74) is 0.295. The van der Waals surface area contributed by atoms with Crippen LogP contribution in [-0.4, -0.2) is 34.6 Å². The molecule has 2 rings (SSSR count). The molecule has 2 heterocycles. The van der Waals surface area contributed by atoms with Gasteiger partial charge in [-0.15, -0.1) is 0 Å². The molecule has 0 spiro atoms. The fourth-order valence-electron chi connectivity index (χ4n) is 2.23. The molecular weight excluding hydrogens is 274 g/mol. The molecule has 7 nitrogen and oxygen atoms in total. The number of aromatic nitrogens is 1. The smallest absolute Gasteiger partial charge is 0.365 e. The summed E-state index contributed by atoms with van der Waals surface area (Å²) < 4.78 is 5.28. The largest absolute Gasteiger partial charge is 0.460 e. The Morgan fingerprint density at radius 2 is 2.19 bits per heavy atom. The Morgan fingerprint density at radius 3 is 2.76 bits per heavy atom. The molecule has 1 aliphatic rings. The molecule has 0 radical (unpaired) electrons. The number of pyridine rings is 1. The zero-order valence-electron chi connectivity index (χ0n) is 12.4. The highest BCUT2D eigenvalue weighted by molar-refractivity contribution is 5.71. The van der Waals surface area contributed by atoms with Gasteiger partial charge in [0.25, 0.3) is 0 Å². The number of carbonyl (C=O) groups excluding carboxylic acids is 1. The van der Waals surface area contributed by atoms with E-state index in [1.807, 2.05) is 25.7 Å². The Bertz CT molecular complexity index is 547. The molecule has 1 aliphatic heterocycles. The molecule has 21 heavy (non-hydrogen) atoms. The van der Waals surface area contributed by atoms with E-state index < -0.39 is 10.5 Å². The van der Waals surface area contributed by atoms with Crippen LogP contribution in [-0.2, 0) is 9.53 Å². The molecule has 0 N–H and O–H groups in total. The van der Waals surface area contributed by atoms with Crippen molar-refractivity contribution in [3.05, 3.63) is 28.4 Å². The van der Waals surface area contributed by atoms with Crippen LogP contribution in [0.4, 0.5) is 11.5 Å². The molecule has 114 valence electrons. The van der Waals surface area contributed by atoms with Gasteiger partial charge in [0, 0.05) is 30.8 Å². The number of hydrogen-bond donors (Lipinski definition) is 0. The van der Waals surface area contributed by atoms with Crippen LogP contribution >= 0.6 is 0 Å². The zero-order valence-corrected chi connectivity index (χ0v) is 12.4. The van der Waals surface area contributed by atoms with Gasteiger partial charge in [0.1, 0.15) is 11.8 Å². The van der Waals surface area contributed by atoms with Gasteiger partial charge in [0.05, 0.1) is 12.5 Å². The SMILES string of the molecule is CC(C)(C)OC(=O)CC1CN(c2ccnc([N+](=O)[O-])c2)C1. The summed E-state index contributed by atoms with van der Waals surface area (Å²) in [4.78, 5) is 27.6. The molecule has 0 aliphatic carbocycles. The van der Waals surface area contributed by atoms with Crippen molar-refractivity contribution in [3.8, 4) is 0 Å². The topological polar surface area (TPSA) is 85.6 Å². The summed E-state index contributed by atoms with van der Waals surface area (Å²) in [6.45, 7) is 6.91. The number of carbonyl (C=O) groups is 1. The van der Waals surface area contributed by atoms with Gasteiger partial charge in [-0.3, -0.25) is 4.79 Å². The number of hydrogen-bond acceptors (Lipinski definition) is 6. The Labute approximate surface area is 123 Å². The van der Waals surface area contributed by atoms with E-state index in [2.05, 4.69) is 4.98 Å². The van der Waals surface area contributed by atoms with E-state index in [1.54, 1.807) is 6.07 Å². The Balaban J connectivity index is 1.85. The molecule has 1 aromatic heterocycles. The van der Waals surface area contributed by atoms with Crippen LogP contribution in [0.5, 0.6) is 0 Å². The first-order valence-electron chi connectivity index (χ1n) is 6.82. The van der Waals surface area contributed by atoms with Crippen molar-refractivity contribution in [1.82, 2.24) is 4.98 Å². The normalized spacial score (nSPS) is 15.5. The lowest BCUT2D eigenvalue weighted by Crippen LogP contribution is -2.48. The van der Waals surface area contributed by atoms with Crippen LogP contribution in [0.15, 0.2) is 18.3 Å². The van der Waals surface area contributed by atoms with Crippen molar-refractivity contribution in [2.75, 3.05) is 18.0 Å². The van der Waals surface area contributed by atoms with E-state index in [4.69, 9.17) is 4.74 Å². The lowest BCUT2D eigenvalue weighted by atomic mass is 9.95. The standard InChI is InChI=1S/C14H19N3O4/c1-14(2,3)21-13(18)6-10-8-16(9-10)11-4-5-15-12(7-11)17(19)20/h4-5,7,10H,6,8-9H2,1-3H3. The lowest BCUT2D eigenvalue weighted by molar-refractivity contribution is -0.389. The predicted molar refractivity (Wildman–Crippen MR) is 77.1 cm³/mol. The van der Waals surface area contributed by atoms with Crippen LogP contribution < -0.4 is 4.90 Å². The van der Waals surface area contributed by atoms with E-state index in [0.29, 0.717) is 19.5 Å². The van der Waals surface area contributed by atoms with Gasteiger partial charge in [-0.2, -0.15) is 0 Å². The fraction of sp³-hybridized carbons (Fsp3) is 0.571. The minimum absolute atomic E-state index is 0.164. The molecule has 0 atom stereocenters. The first kappa shape index (κ1) is 15.2. The van der Waals surface area contributed by atoms with E-state index >= 15 is 0 Å². The average molecular weight is 293 g/mol. The second kappa shape index (κ2) is 5.67. The van der Waals surface area contributed by atoms with Crippen molar-refractivity contribution in [2.45, 2.75) is 32.8 Å². The van der Waals surface area contributed by atoms with Crippen molar-refractivity contribution in [1.29, 1.82) is 0 Å². The lowest BCUT2D eigenvalue weighted by Gasteiger charge is -2.40. The minimum Gasteiger partial charge on any atom is -0.460 e. The second-order valence-electron chi connectivity index (χ2n) is 6.19. The monoisotopic (exact) mass is 293 g/mol. The molecule has 1 aromatic rings.